The number of hydrogen-bond acceptors (Lipinski definition) is 2. The fraction of sp³-hybridized carbons (Fsp3) is 1.00. The Bertz CT molecular complexity index is 97.8. The Balaban J connectivity index is 2.81. The van der Waals surface area contributed by atoms with Crippen LogP contribution in [0.5, 0.6) is 0 Å². The van der Waals surface area contributed by atoms with Crippen LogP contribution in [0.3, 0.4) is 0 Å². The van der Waals surface area contributed by atoms with Crippen molar-refractivity contribution in [2.24, 2.45) is 0 Å². The molecule has 0 aromatic rings. The van der Waals surface area contributed by atoms with Crippen LogP contribution in [0.1, 0.15) is 71.1 Å². The number of hydrogen-bond donors (Lipinski definition) is 2. The molecule has 0 fully saturated rings. The maximum atomic E-state index is 3.09. The zero-order valence-electron chi connectivity index (χ0n) is 10.4. The van der Waals surface area contributed by atoms with E-state index in [-0.39, 0.29) is 0 Å². The first-order valence-electron chi connectivity index (χ1n) is 6.60. The molecule has 2 N–H and O–H groups in total. The Kier molecular flexibility index (Phi) is 14.7. The fourth-order valence-corrected chi connectivity index (χ4v) is 1.92. The molecule has 0 aromatic carbocycles. The van der Waals surface area contributed by atoms with E-state index in [0.717, 1.165) is 6.54 Å². The monoisotopic (exact) mass is 232 g/mol. The lowest BCUT2D eigenvalue weighted by Crippen LogP contribution is -2.23. The third-order valence-corrected chi connectivity index (χ3v) is 2.96. The van der Waals surface area contributed by atoms with Crippen LogP contribution in [0.2, 0.25) is 0 Å². The van der Waals surface area contributed by atoms with Gasteiger partial charge in [-0.25, -0.2) is 5.20 Å². The van der Waals surface area contributed by atoms with Gasteiger partial charge in [-0.05, 0) is 6.42 Å². The summed E-state index contributed by atoms with van der Waals surface area (Å²) in [5.74, 6) is 0. The largest absolute Gasteiger partial charge is 0.255 e. The van der Waals surface area contributed by atoms with Crippen molar-refractivity contribution >= 4 is 9.39 Å². The zero-order valence-corrected chi connectivity index (χ0v) is 11.5. The molecule has 0 aliphatic rings. The summed E-state index contributed by atoms with van der Waals surface area (Å²) in [5.41, 5.74) is 3.09. The Morgan fingerprint density at radius 3 is 1.67 bits per heavy atom. The van der Waals surface area contributed by atoms with E-state index < -0.39 is 0 Å². The third-order valence-electron chi connectivity index (χ3n) is 2.76. The van der Waals surface area contributed by atoms with Crippen LogP contribution in [-0.4, -0.2) is 6.54 Å². The molecule has 0 aliphatic carbocycles. The number of nitrogens with one attached hydrogen (secondary N) is 2. The van der Waals surface area contributed by atoms with Crippen LogP contribution in [0.15, 0.2) is 0 Å². The standard InChI is InChI=1S/C12H29N2P/c1-2-3-4-5-6-7-8-9-10-11-12-13-14-15/h13-14H,2-12,15H2,1H3. The van der Waals surface area contributed by atoms with Crippen molar-refractivity contribution in [3.63, 3.8) is 0 Å². The summed E-state index contributed by atoms with van der Waals surface area (Å²) in [6.45, 7) is 3.36. The van der Waals surface area contributed by atoms with Gasteiger partial charge in [-0.15, -0.1) is 0 Å². The summed E-state index contributed by atoms with van der Waals surface area (Å²) >= 11 is 0. The van der Waals surface area contributed by atoms with Crippen LogP contribution in [0, 0.1) is 0 Å². The van der Waals surface area contributed by atoms with Gasteiger partial charge in [-0.2, -0.15) is 0 Å². The Morgan fingerprint density at radius 1 is 0.733 bits per heavy atom. The van der Waals surface area contributed by atoms with Crippen molar-refractivity contribution in [2.75, 3.05) is 6.54 Å². The minimum atomic E-state index is 1.08. The van der Waals surface area contributed by atoms with Crippen LogP contribution in [0.25, 0.3) is 0 Å². The molecule has 0 radical (unpaired) electrons. The van der Waals surface area contributed by atoms with Crippen molar-refractivity contribution in [3.05, 3.63) is 0 Å². The summed E-state index contributed by atoms with van der Waals surface area (Å²) in [5, 5.41) is 2.87. The third kappa shape index (κ3) is 14.4. The molecule has 0 saturated carbocycles. The van der Waals surface area contributed by atoms with Gasteiger partial charge in [-0.1, -0.05) is 74.1 Å². The number of unbranched alkanes of at least 4 members (excludes halogenated alkanes) is 9. The van der Waals surface area contributed by atoms with Gasteiger partial charge < -0.3 is 0 Å². The van der Waals surface area contributed by atoms with Gasteiger partial charge in [0.2, 0.25) is 0 Å². The lowest BCUT2D eigenvalue weighted by molar-refractivity contribution is 0.542. The molecule has 0 aromatic heterocycles. The molecule has 0 rings (SSSR count). The SMILES string of the molecule is CCCCCCCCCCCCNNP. The maximum Gasteiger partial charge on any atom is 0.0103 e. The molecule has 1 atom stereocenters. The van der Waals surface area contributed by atoms with Crippen molar-refractivity contribution in [3.8, 4) is 0 Å². The van der Waals surface area contributed by atoms with Crippen LogP contribution >= 0.6 is 9.39 Å². The van der Waals surface area contributed by atoms with Gasteiger partial charge in [0.05, 0.1) is 0 Å². The zero-order chi connectivity index (χ0) is 11.2. The molecule has 0 aliphatic heterocycles. The van der Waals surface area contributed by atoms with Crippen molar-refractivity contribution in [1.82, 2.24) is 10.6 Å². The topological polar surface area (TPSA) is 24.1 Å². The molecule has 3 heteroatoms. The molecule has 0 spiro atoms. The lowest BCUT2D eigenvalue weighted by Gasteiger charge is -2.03. The molecule has 15 heavy (non-hydrogen) atoms. The number of hydrazine groups is 1. The van der Waals surface area contributed by atoms with Crippen LogP contribution < -0.4 is 10.6 Å². The Hall–Kier alpha value is 0.350. The molecule has 0 amide bonds. The predicted molar refractivity (Wildman–Crippen MR) is 72.7 cm³/mol. The average Bonchev–Trinajstić information content (AvgIpc) is 2.26. The van der Waals surface area contributed by atoms with Gasteiger partial charge in [0.1, 0.15) is 0 Å². The normalized spacial score (nSPS) is 10.8. The molecule has 0 bridgehead atoms. The smallest absolute Gasteiger partial charge is 0.0103 e. The predicted octanol–water partition coefficient (Wildman–Crippen LogP) is 3.79. The van der Waals surface area contributed by atoms with Gasteiger partial charge >= 0.3 is 0 Å². The highest BCUT2D eigenvalue weighted by molar-refractivity contribution is 7.13. The van der Waals surface area contributed by atoms with Crippen LogP contribution in [-0.2, 0) is 0 Å². The van der Waals surface area contributed by atoms with E-state index >= 15 is 0 Å². The van der Waals surface area contributed by atoms with E-state index in [1.54, 1.807) is 0 Å². The molecule has 2 nitrogen and oxygen atoms in total. The highest BCUT2D eigenvalue weighted by atomic mass is 31.0. The van der Waals surface area contributed by atoms with E-state index in [1.807, 2.05) is 0 Å². The highest BCUT2D eigenvalue weighted by Gasteiger charge is 1.91. The molecule has 1 unspecified atom stereocenters. The Labute approximate surface area is 98.2 Å². The summed E-state index contributed by atoms with van der Waals surface area (Å²) in [6, 6.07) is 0. The second-order valence-corrected chi connectivity index (χ2v) is 4.54. The summed E-state index contributed by atoms with van der Waals surface area (Å²) in [7, 11) is 2.45. The van der Waals surface area contributed by atoms with E-state index in [4.69, 9.17) is 0 Å². The number of rotatable bonds is 12. The van der Waals surface area contributed by atoms with E-state index in [1.165, 1.54) is 64.2 Å². The van der Waals surface area contributed by atoms with Crippen molar-refractivity contribution < 1.29 is 0 Å². The molecule has 92 valence electrons. The minimum absolute atomic E-state index is 1.08. The van der Waals surface area contributed by atoms with Gasteiger partial charge in [0.15, 0.2) is 0 Å². The molecular formula is C12H29N2P. The first-order valence-corrected chi connectivity index (χ1v) is 7.18. The maximum absolute atomic E-state index is 3.09. The average molecular weight is 232 g/mol. The van der Waals surface area contributed by atoms with E-state index in [9.17, 15) is 0 Å². The van der Waals surface area contributed by atoms with Gasteiger partial charge in [0, 0.05) is 6.54 Å². The van der Waals surface area contributed by atoms with E-state index in [0.29, 0.717) is 0 Å². The fourth-order valence-electron chi connectivity index (χ4n) is 1.77. The highest BCUT2D eigenvalue weighted by Crippen LogP contribution is 2.09. The van der Waals surface area contributed by atoms with Crippen molar-refractivity contribution in [1.29, 1.82) is 0 Å². The van der Waals surface area contributed by atoms with Crippen LogP contribution in [0.4, 0.5) is 0 Å². The lowest BCUT2D eigenvalue weighted by atomic mass is 10.1. The first-order chi connectivity index (χ1) is 7.41. The second-order valence-electron chi connectivity index (χ2n) is 4.25. The first kappa shape index (κ1) is 15.3. The molecule has 0 heterocycles. The van der Waals surface area contributed by atoms with Crippen molar-refractivity contribution in [2.45, 2.75) is 71.1 Å². The minimum Gasteiger partial charge on any atom is -0.255 e. The van der Waals surface area contributed by atoms with Gasteiger partial charge in [-0.3, -0.25) is 5.43 Å². The molecule has 0 saturated heterocycles. The Morgan fingerprint density at radius 2 is 1.20 bits per heavy atom. The quantitative estimate of drug-likeness (QED) is 0.304. The molecular weight excluding hydrogens is 203 g/mol. The second kappa shape index (κ2) is 14.3. The summed E-state index contributed by atoms with van der Waals surface area (Å²) in [4.78, 5) is 0. The summed E-state index contributed by atoms with van der Waals surface area (Å²) in [6.07, 6.45) is 14.1. The summed E-state index contributed by atoms with van der Waals surface area (Å²) < 4.78 is 0. The van der Waals surface area contributed by atoms with E-state index in [2.05, 4.69) is 26.9 Å². The van der Waals surface area contributed by atoms with Gasteiger partial charge in [0.25, 0.3) is 0 Å².